The third-order valence-electron chi connectivity index (χ3n) is 2.47. The first-order valence-electron chi connectivity index (χ1n) is 4.85. The fraction of sp³-hybridized carbons (Fsp3) is 0.308. The molecule has 0 saturated heterocycles. The van der Waals surface area contributed by atoms with Crippen molar-refractivity contribution >= 4 is 5.78 Å². The second-order valence-corrected chi connectivity index (χ2v) is 3.56. The van der Waals surface area contributed by atoms with Gasteiger partial charge in [0, 0.05) is 12.0 Å². The van der Waals surface area contributed by atoms with Gasteiger partial charge in [-0.15, -0.1) is 0 Å². The third kappa shape index (κ3) is 1.86. The maximum absolute atomic E-state index is 11.9. The van der Waals surface area contributed by atoms with E-state index in [9.17, 15) is 9.90 Å². The molecule has 0 aromatic carbocycles. The minimum absolute atomic E-state index is 0.286. The van der Waals surface area contributed by atoms with Crippen molar-refractivity contribution in [3.05, 3.63) is 23.8 Å². The van der Waals surface area contributed by atoms with Gasteiger partial charge in [0.1, 0.15) is 0 Å². The molecule has 0 fully saturated rings. The minimum Gasteiger partial charge on any atom is -0.371 e. The molecule has 2 nitrogen and oxygen atoms in total. The Morgan fingerprint density at radius 2 is 2.13 bits per heavy atom. The lowest BCUT2D eigenvalue weighted by Crippen LogP contribution is -2.40. The van der Waals surface area contributed by atoms with Crippen molar-refractivity contribution in [2.75, 3.05) is 0 Å². The van der Waals surface area contributed by atoms with Gasteiger partial charge in [-0.25, -0.2) is 0 Å². The predicted octanol–water partition coefficient (Wildman–Crippen LogP) is 0.973. The Kier molecular flexibility index (Phi) is 2.46. The fourth-order valence-electron chi connectivity index (χ4n) is 1.65. The molecule has 1 atom stereocenters. The van der Waals surface area contributed by atoms with Gasteiger partial charge in [-0.05, 0) is 25.0 Å². The molecule has 0 spiro atoms. The molecule has 0 amide bonds. The molecule has 2 rings (SSSR count). The number of fused-ring (bicyclic) bond motifs is 2. The summed E-state index contributed by atoms with van der Waals surface area (Å²) in [6, 6.07) is 0. The van der Waals surface area contributed by atoms with Crippen molar-refractivity contribution in [1.29, 1.82) is 0 Å². The zero-order valence-corrected chi connectivity index (χ0v) is 8.21. The van der Waals surface area contributed by atoms with Crippen molar-refractivity contribution in [1.82, 2.24) is 0 Å². The number of rotatable bonds is 0. The van der Waals surface area contributed by atoms with Crippen molar-refractivity contribution < 1.29 is 9.90 Å². The fourth-order valence-corrected chi connectivity index (χ4v) is 1.65. The largest absolute Gasteiger partial charge is 0.371 e. The Labute approximate surface area is 88.7 Å². The molecule has 2 heteroatoms. The minimum atomic E-state index is -1.49. The average molecular weight is 198 g/mol. The highest BCUT2D eigenvalue weighted by Crippen LogP contribution is 2.26. The van der Waals surface area contributed by atoms with Crippen LogP contribution in [0.15, 0.2) is 23.8 Å². The van der Waals surface area contributed by atoms with Gasteiger partial charge in [-0.3, -0.25) is 4.79 Å². The standard InChI is InChI=1S/C13H10O2/c14-12-11-7-4-2-1-3-5-9-13(12,15)10-6-8-11/h1,3,8,15H,6-7,10H2. The normalized spacial score (nSPS) is 28.1. The van der Waals surface area contributed by atoms with Crippen molar-refractivity contribution in [2.24, 2.45) is 0 Å². The zero-order chi connectivity index (χ0) is 10.7. The van der Waals surface area contributed by atoms with E-state index in [-0.39, 0.29) is 5.78 Å². The first-order chi connectivity index (χ1) is 7.22. The maximum atomic E-state index is 11.9. The van der Waals surface area contributed by atoms with Gasteiger partial charge in [0.2, 0.25) is 5.78 Å². The van der Waals surface area contributed by atoms with Crippen molar-refractivity contribution in [2.45, 2.75) is 24.9 Å². The van der Waals surface area contributed by atoms with Crippen LogP contribution in [0.5, 0.6) is 0 Å². The van der Waals surface area contributed by atoms with Gasteiger partial charge in [0.05, 0.1) is 0 Å². The van der Waals surface area contributed by atoms with Crippen molar-refractivity contribution in [3.8, 4) is 23.7 Å². The molecule has 1 unspecified atom stereocenters. The van der Waals surface area contributed by atoms with Crippen LogP contribution in [0, 0.1) is 23.7 Å². The van der Waals surface area contributed by atoms with E-state index in [1.807, 2.05) is 6.08 Å². The lowest BCUT2D eigenvalue weighted by atomic mass is 9.82. The van der Waals surface area contributed by atoms with E-state index in [1.165, 1.54) is 0 Å². The van der Waals surface area contributed by atoms with Gasteiger partial charge < -0.3 is 5.11 Å². The Bertz CT molecular complexity index is 474. The topological polar surface area (TPSA) is 37.3 Å². The number of hydrogen-bond donors (Lipinski definition) is 1. The second kappa shape index (κ2) is 3.77. The van der Waals surface area contributed by atoms with E-state index in [0.717, 1.165) is 0 Å². The van der Waals surface area contributed by atoms with Gasteiger partial charge in [0.25, 0.3) is 0 Å². The molecule has 0 heterocycles. The molecule has 2 bridgehead atoms. The van der Waals surface area contributed by atoms with Crippen molar-refractivity contribution in [3.63, 3.8) is 0 Å². The van der Waals surface area contributed by atoms with Crippen LogP contribution >= 0.6 is 0 Å². The first kappa shape index (κ1) is 9.77. The molecule has 15 heavy (non-hydrogen) atoms. The summed E-state index contributed by atoms with van der Waals surface area (Å²) in [5, 5.41) is 10.0. The van der Waals surface area contributed by atoms with Gasteiger partial charge in [0.15, 0.2) is 5.60 Å². The van der Waals surface area contributed by atoms with Gasteiger partial charge >= 0.3 is 0 Å². The van der Waals surface area contributed by atoms with E-state index >= 15 is 0 Å². The van der Waals surface area contributed by atoms with Crippen LogP contribution in [0.4, 0.5) is 0 Å². The molecule has 0 aromatic rings. The molecule has 2 aliphatic carbocycles. The van der Waals surface area contributed by atoms with Crippen LogP contribution in [-0.4, -0.2) is 16.5 Å². The van der Waals surface area contributed by atoms with E-state index in [4.69, 9.17) is 0 Å². The summed E-state index contributed by atoms with van der Waals surface area (Å²) in [7, 11) is 0. The number of ketones is 1. The summed E-state index contributed by atoms with van der Waals surface area (Å²) in [5.41, 5.74) is -0.908. The maximum Gasteiger partial charge on any atom is 0.203 e. The summed E-state index contributed by atoms with van der Waals surface area (Å²) in [4.78, 5) is 11.9. The zero-order valence-electron chi connectivity index (χ0n) is 8.21. The number of carbonyl (C=O) groups is 1. The molecular formula is C13H10O2. The van der Waals surface area contributed by atoms with Crippen LogP contribution in [0.3, 0.4) is 0 Å². The molecule has 2 aliphatic rings. The molecule has 0 aromatic heterocycles. The van der Waals surface area contributed by atoms with E-state index in [1.54, 1.807) is 12.2 Å². The second-order valence-electron chi connectivity index (χ2n) is 3.56. The summed E-state index contributed by atoms with van der Waals surface area (Å²) < 4.78 is 0. The Hall–Kier alpha value is -1.77. The van der Waals surface area contributed by atoms with E-state index in [0.29, 0.717) is 24.8 Å². The number of hydrogen-bond acceptors (Lipinski definition) is 2. The molecule has 1 N–H and O–H groups in total. The quantitative estimate of drug-likeness (QED) is 0.589. The highest BCUT2D eigenvalue weighted by atomic mass is 16.3. The smallest absolute Gasteiger partial charge is 0.203 e. The molecule has 74 valence electrons. The van der Waals surface area contributed by atoms with Crippen LogP contribution in [0.1, 0.15) is 19.3 Å². The van der Waals surface area contributed by atoms with E-state index in [2.05, 4.69) is 23.7 Å². The van der Waals surface area contributed by atoms with Crippen LogP contribution in [0.25, 0.3) is 0 Å². The summed E-state index contributed by atoms with van der Waals surface area (Å²) in [6.07, 6.45) is 6.48. The number of aliphatic hydroxyl groups is 1. The lowest BCUT2D eigenvalue weighted by molar-refractivity contribution is -0.129. The predicted molar refractivity (Wildman–Crippen MR) is 56.6 cm³/mol. The van der Waals surface area contributed by atoms with Crippen LogP contribution in [-0.2, 0) is 4.79 Å². The Morgan fingerprint density at radius 3 is 3.00 bits per heavy atom. The monoisotopic (exact) mass is 198 g/mol. The summed E-state index contributed by atoms with van der Waals surface area (Å²) in [5.74, 6) is 10.6. The van der Waals surface area contributed by atoms with Gasteiger partial charge in [-0.1, -0.05) is 29.8 Å². The SMILES string of the molecule is O=C1C2=CCCC1(O)C#CC=CC#CC2. The lowest BCUT2D eigenvalue weighted by Gasteiger charge is -2.25. The summed E-state index contributed by atoms with van der Waals surface area (Å²) >= 11 is 0. The third-order valence-corrected chi connectivity index (χ3v) is 2.47. The Balaban J connectivity index is 2.47. The molecule has 0 saturated carbocycles. The Morgan fingerprint density at radius 1 is 1.33 bits per heavy atom. The average Bonchev–Trinajstić information content (AvgIpc) is 2.21. The molecule has 0 aliphatic heterocycles. The number of Topliss-reactive ketones (excluding diaryl/α,β-unsaturated/α-hetero) is 1. The van der Waals surface area contributed by atoms with E-state index < -0.39 is 5.60 Å². The number of carbonyl (C=O) groups excluding carboxylic acids is 1. The highest BCUT2D eigenvalue weighted by molar-refractivity contribution is 6.05. The van der Waals surface area contributed by atoms with Crippen LogP contribution in [0.2, 0.25) is 0 Å². The van der Waals surface area contributed by atoms with Gasteiger partial charge in [-0.2, -0.15) is 0 Å². The molecular weight excluding hydrogens is 188 g/mol. The van der Waals surface area contributed by atoms with Crippen LogP contribution < -0.4 is 0 Å². The number of allylic oxidation sites excluding steroid dienone is 3. The first-order valence-corrected chi connectivity index (χ1v) is 4.85. The summed E-state index contributed by atoms with van der Waals surface area (Å²) in [6.45, 7) is 0. The molecule has 0 radical (unpaired) electrons. The highest BCUT2D eigenvalue weighted by Gasteiger charge is 2.37.